The van der Waals surface area contributed by atoms with Crippen LogP contribution >= 0.6 is 0 Å². The Balaban J connectivity index is 0.00000354. The number of alkyl halides is 2. The van der Waals surface area contributed by atoms with Crippen LogP contribution in [-0.4, -0.2) is 55.4 Å². The van der Waals surface area contributed by atoms with Crippen molar-refractivity contribution in [2.24, 2.45) is 9.98 Å². The van der Waals surface area contributed by atoms with Crippen LogP contribution in [0, 0.1) is 11.6 Å². The van der Waals surface area contributed by atoms with E-state index in [4.69, 9.17) is 4.74 Å². The van der Waals surface area contributed by atoms with E-state index in [1.54, 1.807) is 27.7 Å². The Morgan fingerprint density at radius 1 is 1.09 bits per heavy atom. The number of nitrogens with zero attached hydrogens (tertiary/aromatic N) is 3. The molecule has 2 aromatic carbocycles. The lowest BCUT2D eigenvalue weighted by Gasteiger charge is -2.39. The van der Waals surface area contributed by atoms with Crippen LogP contribution in [0.15, 0.2) is 100.0 Å². The lowest BCUT2D eigenvalue weighted by atomic mass is 9.82. The summed E-state index contributed by atoms with van der Waals surface area (Å²) < 4.78 is 66.1. The fraction of sp³-hybridized carbons (Fsp3) is 0.343. The highest BCUT2D eigenvalue weighted by Crippen LogP contribution is 2.42. The molecule has 0 aliphatic rings. The van der Waals surface area contributed by atoms with Crippen LogP contribution in [0.1, 0.15) is 59.1 Å². The van der Waals surface area contributed by atoms with Gasteiger partial charge >= 0.3 is 6.61 Å². The van der Waals surface area contributed by atoms with E-state index in [-0.39, 0.29) is 35.1 Å². The van der Waals surface area contributed by atoms with E-state index in [1.165, 1.54) is 56.0 Å². The molecule has 47 heavy (non-hydrogen) atoms. The molecule has 0 bridgehead atoms. The summed E-state index contributed by atoms with van der Waals surface area (Å²) >= 11 is 0. The quantitative estimate of drug-likeness (QED) is 0.0610. The number of rotatable bonds is 12. The van der Waals surface area contributed by atoms with Crippen molar-refractivity contribution in [3.63, 3.8) is 0 Å². The third-order valence-corrected chi connectivity index (χ3v) is 6.44. The van der Waals surface area contributed by atoms with Gasteiger partial charge < -0.3 is 19.5 Å². The molecular weight excluding hydrogens is 616 g/mol. The average Bonchev–Trinajstić information content (AvgIpc) is 3.02. The average molecular weight is 661 g/mol. The highest BCUT2D eigenvalue weighted by molar-refractivity contribution is 6.08. The van der Waals surface area contributed by atoms with Gasteiger partial charge in [0.15, 0.2) is 5.60 Å². The second kappa shape index (κ2) is 19.1. The summed E-state index contributed by atoms with van der Waals surface area (Å²) in [6, 6.07) is 7.86. The largest absolute Gasteiger partial charge is 0.497 e. The number of aliphatic hydroxyl groups is 1. The molecule has 8 nitrogen and oxygen atoms in total. The van der Waals surface area contributed by atoms with Crippen LogP contribution in [0.5, 0.6) is 5.75 Å². The zero-order valence-electron chi connectivity index (χ0n) is 28.1. The molecule has 1 atom stereocenters. The van der Waals surface area contributed by atoms with E-state index in [9.17, 15) is 18.7 Å². The summed E-state index contributed by atoms with van der Waals surface area (Å²) in [6.45, 7) is 15.7. The van der Waals surface area contributed by atoms with Gasteiger partial charge in [-0.2, -0.15) is 8.78 Å². The predicted octanol–water partition coefficient (Wildman–Crippen LogP) is 7.63. The Kier molecular flexibility index (Phi) is 16.4. The van der Waals surface area contributed by atoms with Gasteiger partial charge in [-0.25, -0.2) is 13.8 Å². The van der Waals surface area contributed by atoms with Crippen LogP contribution in [0.25, 0.3) is 0 Å². The number of hydrogen-bond acceptors (Lipinski definition) is 6. The van der Waals surface area contributed by atoms with Gasteiger partial charge in [-0.15, -0.1) is 0 Å². The number of halogens is 4. The number of allylic oxidation sites excluding steroid dienone is 2. The number of nitrogens with one attached hydrogen (secondary N) is 1. The van der Waals surface area contributed by atoms with Crippen LogP contribution in [0.4, 0.5) is 17.6 Å². The van der Waals surface area contributed by atoms with Crippen molar-refractivity contribution in [3.8, 4) is 5.75 Å². The minimum atomic E-state index is -3.22. The van der Waals surface area contributed by atoms with Gasteiger partial charge in [0.05, 0.1) is 18.4 Å². The first-order chi connectivity index (χ1) is 22.2. The first-order valence-corrected chi connectivity index (χ1v) is 14.8. The molecule has 0 aliphatic carbocycles. The number of carbonyl (C=O) groups is 1. The molecule has 0 heterocycles. The first-order valence-electron chi connectivity index (χ1n) is 14.8. The summed E-state index contributed by atoms with van der Waals surface area (Å²) in [4.78, 5) is 22.7. The molecule has 0 fully saturated rings. The number of benzene rings is 2. The topological polar surface area (TPSA) is 95.8 Å². The number of ether oxygens (including phenoxy) is 2. The number of amides is 1. The maximum atomic E-state index is 15.6. The van der Waals surface area contributed by atoms with E-state index < -0.39 is 41.1 Å². The molecule has 0 aromatic heterocycles. The molecular formula is C35H44F4N4O4. The smallest absolute Gasteiger partial charge is 0.387 e. The van der Waals surface area contributed by atoms with Crippen molar-refractivity contribution in [1.82, 2.24) is 10.2 Å². The van der Waals surface area contributed by atoms with Crippen LogP contribution in [0.3, 0.4) is 0 Å². The maximum absolute atomic E-state index is 15.6. The second-order valence-corrected chi connectivity index (χ2v) is 10.1. The normalized spacial score (nSPS) is 12.9. The lowest BCUT2D eigenvalue weighted by Crippen LogP contribution is -2.40. The molecule has 0 saturated carbocycles. The number of hydrogen-bond donors (Lipinski definition) is 2. The van der Waals surface area contributed by atoms with Crippen molar-refractivity contribution in [2.45, 2.75) is 60.2 Å². The molecule has 1 amide bonds. The fourth-order valence-corrected chi connectivity index (χ4v) is 4.33. The monoisotopic (exact) mass is 660 g/mol. The minimum absolute atomic E-state index is 0.0199. The van der Waals surface area contributed by atoms with Gasteiger partial charge in [-0.05, 0) is 52.0 Å². The van der Waals surface area contributed by atoms with Crippen LogP contribution < -0.4 is 10.1 Å². The lowest BCUT2D eigenvalue weighted by molar-refractivity contribution is -0.116. The Hall–Kier alpha value is -4.71. The first kappa shape index (κ1) is 40.3. The summed E-state index contributed by atoms with van der Waals surface area (Å²) in [7, 11) is 2.76. The van der Waals surface area contributed by atoms with Gasteiger partial charge in [0.2, 0.25) is 5.96 Å². The molecule has 0 saturated heterocycles. The number of carbonyl (C=O) groups excluding carboxylic acids is 1. The van der Waals surface area contributed by atoms with Gasteiger partial charge in [-0.1, -0.05) is 57.2 Å². The van der Waals surface area contributed by atoms with Gasteiger partial charge in [0.25, 0.3) is 5.91 Å². The van der Waals surface area contributed by atoms with Crippen molar-refractivity contribution in [1.29, 1.82) is 0 Å². The molecule has 12 heteroatoms. The molecule has 2 rings (SSSR count). The minimum Gasteiger partial charge on any atom is -0.497 e. The molecule has 0 aliphatic heterocycles. The van der Waals surface area contributed by atoms with E-state index in [0.29, 0.717) is 17.3 Å². The predicted molar refractivity (Wildman–Crippen MR) is 178 cm³/mol. The molecule has 2 aromatic rings. The number of guanidine groups is 1. The third-order valence-electron chi connectivity index (χ3n) is 6.44. The standard InChI is InChI=1S/C32H36F4N4O4.C3H8/c1-9-38-31(37-7)39-29(41)23(20(5)43-8)18-28(19(3)4)40(10-2)21(6)32(42,24-13-11-12-14-26(24)33)25-16-15-22(17-27(25)34)44-30(35)36;1-3-2/h9,11-18,30,42H,5-6,10H2,1-4,7-8H3,(H,37,39,41);3H2,1-2H3/b23-18+,38-9-;. The molecule has 256 valence electrons. The van der Waals surface area contributed by atoms with Crippen LogP contribution in [-0.2, 0) is 15.1 Å². The molecule has 1 unspecified atom stereocenters. The van der Waals surface area contributed by atoms with E-state index in [0.717, 1.165) is 18.2 Å². The van der Waals surface area contributed by atoms with Crippen molar-refractivity contribution >= 4 is 18.1 Å². The zero-order chi connectivity index (χ0) is 35.9. The Bertz CT molecular complexity index is 1530. The fourth-order valence-electron chi connectivity index (χ4n) is 4.33. The summed E-state index contributed by atoms with van der Waals surface area (Å²) in [6.07, 6.45) is 4.11. The number of likely N-dealkylation sites (N-methyl/N-ethyl adjacent to an activating group) is 1. The third kappa shape index (κ3) is 10.4. The summed E-state index contributed by atoms with van der Waals surface area (Å²) in [5.41, 5.74) is -2.75. The Labute approximate surface area is 274 Å². The molecule has 2 N–H and O–H groups in total. The number of aliphatic imine (C=N–C) groups is 2. The zero-order valence-corrected chi connectivity index (χ0v) is 28.1. The van der Waals surface area contributed by atoms with Gasteiger partial charge in [0, 0.05) is 42.7 Å². The molecule has 0 spiro atoms. The summed E-state index contributed by atoms with van der Waals surface area (Å²) in [5, 5.41) is 14.8. The van der Waals surface area contributed by atoms with Gasteiger partial charge in [-0.3, -0.25) is 15.1 Å². The highest BCUT2D eigenvalue weighted by atomic mass is 19.3. The second-order valence-electron chi connectivity index (χ2n) is 10.1. The van der Waals surface area contributed by atoms with Gasteiger partial charge in [0.1, 0.15) is 23.1 Å². The number of methoxy groups -OCH3 is 1. The van der Waals surface area contributed by atoms with Crippen molar-refractivity contribution in [2.75, 3.05) is 20.7 Å². The highest BCUT2D eigenvalue weighted by Gasteiger charge is 2.42. The Morgan fingerprint density at radius 3 is 2.15 bits per heavy atom. The SMILES string of the molecule is C=C(OC)/C(=C\C(=C(C)C)N(CC)C(=C)C(O)(c1ccccc1F)c1ccc(OC(F)F)cc1F)C(=O)NC(=NC)/N=C\C.CCC. The van der Waals surface area contributed by atoms with E-state index in [2.05, 4.69) is 47.0 Å². The Morgan fingerprint density at radius 2 is 1.68 bits per heavy atom. The van der Waals surface area contributed by atoms with Crippen molar-refractivity contribution in [3.05, 3.63) is 113 Å². The van der Waals surface area contributed by atoms with Crippen molar-refractivity contribution < 1.29 is 36.9 Å². The molecule has 0 radical (unpaired) electrons. The van der Waals surface area contributed by atoms with E-state index >= 15 is 8.78 Å². The summed E-state index contributed by atoms with van der Waals surface area (Å²) in [5.74, 6) is -3.22. The maximum Gasteiger partial charge on any atom is 0.387 e. The van der Waals surface area contributed by atoms with Crippen LogP contribution in [0.2, 0.25) is 0 Å². The van der Waals surface area contributed by atoms with E-state index in [1.807, 2.05) is 0 Å².